The molecule has 0 unspecified atom stereocenters. The lowest BCUT2D eigenvalue weighted by atomic mass is 10.1. The summed E-state index contributed by atoms with van der Waals surface area (Å²) in [5, 5.41) is 8.16. The molecule has 126 valence electrons. The van der Waals surface area contributed by atoms with Crippen molar-refractivity contribution in [3.05, 3.63) is 77.1 Å². The van der Waals surface area contributed by atoms with E-state index in [-0.39, 0.29) is 5.78 Å². The van der Waals surface area contributed by atoms with Crippen molar-refractivity contribution in [1.82, 2.24) is 15.0 Å². The number of aromatic nitrogens is 3. The lowest BCUT2D eigenvalue weighted by Crippen LogP contribution is -2.01. The van der Waals surface area contributed by atoms with Crippen molar-refractivity contribution in [2.24, 2.45) is 0 Å². The van der Waals surface area contributed by atoms with Crippen LogP contribution in [0.1, 0.15) is 27.3 Å². The molecule has 0 spiro atoms. The van der Waals surface area contributed by atoms with Crippen LogP contribution in [0.5, 0.6) is 5.75 Å². The number of nitrogens with zero attached hydrogens (tertiary/aromatic N) is 3. The maximum atomic E-state index is 12.5. The van der Waals surface area contributed by atoms with Crippen LogP contribution in [-0.2, 0) is 0 Å². The average Bonchev–Trinajstić information content (AvgIpc) is 3.02. The SMILES string of the molecule is COc1cccc(/C=C/C(=O)c2nnn(-c3ccc(C)cc3)c2C)c1. The first-order valence-electron chi connectivity index (χ1n) is 7.94. The van der Waals surface area contributed by atoms with Crippen molar-refractivity contribution in [1.29, 1.82) is 0 Å². The average molecular weight is 333 g/mol. The fourth-order valence-corrected chi connectivity index (χ4v) is 2.48. The highest BCUT2D eigenvalue weighted by Crippen LogP contribution is 2.16. The van der Waals surface area contributed by atoms with Gasteiger partial charge in [0.25, 0.3) is 0 Å². The Morgan fingerprint density at radius 1 is 1.12 bits per heavy atom. The number of carbonyl (C=O) groups is 1. The van der Waals surface area contributed by atoms with Crippen LogP contribution in [0.4, 0.5) is 0 Å². The molecule has 0 saturated carbocycles. The smallest absolute Gasteiger partial charge is 0.208 e. The van der Waals surface area contributed by atoms with Gasteiger partial charge in [0.2, 0.25) is 5.78 Å². The van der Waals surface area contributed by atoms with Gasteiger partial charge in [0, 0.05) is 0 Å². The van der Waals surface area contributed by atoms with Crippen molar-refractivity contribution >= 4 is 11.9 Å². The van der Waals surface area contributed by atoms with Crippen molar-refractivity contribution in [3.8, 4) is 11.4 Å². The standard InChI is InChI=1S/C20H19N3O2/c1-14-7-10-17(11-8-14)23-15(2)20(21-22-23)19(24)12-9-16-5-4-6-18(13-16)25-3/h4-13H,1-3H3/b12-9+. The lowest BCUT2D eigenvalue weighted by molar-refractivity contribution is 0.104. The summed E-state index contributed by atoms with van der Waals surface area (Å²) in [4.78, 5) is 12.5. The molecule has 0 radical (unpaired) electrons. The highest BCUT2D eigenvalue weighted by molar-refractivity contribution is 6.06. The molecule has 0 aliphatic rings. The predicted molar refractivity (Wildman–Crippen MR) is 97.2 cm³/mol. The molecule has 3 rings (SSSR count). The molecule has 0 saturated heterocycles. The number of carbonyl (C=O) groups excluding carboxylic acids is 1. The quantitative estimate of drug-likeness (QED) is 0.526. The molecule has 5 nitrogen and oxygen atoms in total. The van der Waals surface area contributed by atoms with Crippen molar-refractivity contribution in [2.45, 2.75) is 13.8 Å². The van der Waals surface area contributed by atoms with Gasteiger partial charge in [-0.2, -0.15) is 0 Å². The van der Waals surface area contributed by atoms with E-state index in [2.05, 4.69) is 10.3 Å². The Morgan fingerprint density at radius 3 is 2.60 bits per heavy atom. The Balaban J connectivity index is 1.83. The topological polar surface area (TPSA) is 57.0 Å². The van der Waals surface area contributed by atoms with E-state index in [0.717, 1.165) is 17.0 Å². The largest absolute Gasteiger partial charge is 0.497 e. The number of hydrogen-bond donors (Lipinski definition) is 0. The first-order chi connectivity index (χ1) is 12.1. The number of ketones is 1. The molecule has 0 fully saturated rings. The number of rotatable bonds is 5. The van der Waals surface area contributed by atoms with Crippen molar-refractivity contribution < 1.29 is 9.53 Å². The molecule has 1 heterocycles. The van der Waals surface area contributed by atoms with E-state index in [9.17, 15) is 4.79 Å². The van der Waals surface area contributed by atoms with Gasteiger partial charge < -0.3 is 4.74 Å². The van der Waals surface area contributed by atoms with E-state index in [1.54, 1.807) is 17.9 Å². The number of hydrogen-bond acceptors (Lipinski definition) is 4. The van der Waals surface area contributed by atoms with Crippen LogP contribution >= 0.6 is 0 Å². The third kappa shape index (κ3) is 3.66. The Bertz CT molecular complexity index is 924. The monoisotopic (exact) mass is 333 g/mol. The Kier molecular flexibility index (Phi) is 4.75. The molecule has 0 aliphatic heterocycles. The number of allylic oxidation sites excluding steroid dienone is 1. The molecule has 0 atom stereocenters. The summed E-state index contributed by atoms with van der Waals surface area (Å²) in [5.74, 6) is 0.565. The molecular weight excluding hydrogens is 314 g/mol. The van der Waals surface area contributed by atoms with Crippen molar-refractivity contribution in [3.63, 3.8) is 0 Å². The molecule has 0 aliphatic carbocycles. The summed E-state index contributed by atoms with van der Waals surface area (Å²) in [7, 11) is 1.61. The van der Waals surface area contributed by atoms with E-state index in [0.29, 0.717) is 11.4 Å². The van der Waals surface area contributed by atoms with Crippen LogP contribution in [0.2, 0.25) is 0 Å². The van der Waals surface area contributed by atoms with E-state index in [1.807, 2.05) is 62.4 Å². The van der Waals surface area contributed by atoms with Crippen LogP contribution in [0.15, 0.2) is 54.6 Å². The molecule has 0 amide bonds. The van der Waals surface area contributed by atoms with Gasteiger partial charge in [0.15, 0.2) is 5.69 Å². The maximum Gasteiger partial charge on any atom is 0.208 e. The van der Waals surface area contributed by atoms with Crippen LogP contribution in [0.25, 0.3) is 11.8 Å². The first-order valence-corrected chi connectivity index (χ1v) is 7.94. The summed E-state index contributed by atoms with van der Waals surface area (Å²) in [6, 6.07) is 15.4. The summed E-state index contributed by atoms with van der Waals surface area (Å²) in [6.07, 6.45) is 3.25. The van der Waals surface area contributed by atoms with E-state index < -0.39 is 0 Å². The highest BCUT2D eigenvalue weighted by atomic mass is 16.5. The van der Waals surface area contributed by atoms with Crippen LogP contribution in [-0.4, -0.2) is 27.9 Å². The van der Waals surface area contributed by atoms with E-state index in [4.69, 9.17) is 4.74 Å². The minimum Gasteiger partial charge on any atom is -0.497 e. The zero-order valence-electron chi connectivity index (χ0n) is 14.4. The maximum absolute atomic E-state index is 12.5. The fraction of sp³-hybridized carbons (Fsp3) is 0.150. The highest BCUT2D eigenvalue weighted by Gasteiger charge is 2.15. The zero-order valence-corrected chi connectivity index (χ0v) is 14.4. The van der Waals surface area contributed by atoms with E-state index in [1.165, 1.54) is 11.6 Å². The molecule has 2 aromatic carbocycles. The van der Waals surface area contributed by atoms with Gasteiger partial charge in [0.05, 0.1) is 18.5 Å². The van der Waals surface area contributed by atoms with Gasteiger partial charge in [-0.1, -0.05) is 41.1 Å². The Hall–Kier alpha value is -3.21. The zero-order chi connectivity index (χ0) is 17.8. The van der Waals surface area contributed by atoms with Gasteiger partial charge in [-0.15, -0.1) is 5.10 Å². The first kappa shape index (κ1) is 16.6. The van der Waals surface area contributed by atoms with Gasteiger partial charge in [-0.25, -0.2) is 4.68 Å². The van der Waals surface area contributed by atoms with Gasteiger partial charge in [-0.05, 0) is 49.8 Å². The number of methoxy groups -OCH3 is 1. The number of benzene rings is 2. The summed E-state index contributed by atoms with van der Waals surface area (Å²) in [5.41, 5.74) is 3.99. The second-order valence-electron chi connectivity index (χ2n) is 5.75. The number of ether oxygens (including phenoxy) is 1. The number of aryl methyl sites for hydroxylation is 1. The van der Waals surface area contributed by atoms with Gasteiger partial charge in [-0.3, -0.25) is 4.79 Å². The fourth-order valence-electron chi connectivity index (χ4n) is 2.48. The third-order valence-electron chi connectivity index (χ3n) is 3.93. The van der Waals surface area contributed by atoms with Gasteiger partial charge >= 0.3 is 0 Å². The molecule has 5 heteroatoms. The summed E-state index contributed by atoms with van der Waals surface area (Å²) < 4.78 is 6.85. The van der Waals surface area contributed by atoms with Crippen molar-refractivity contribution in [2.75, 3.05) is 7.11 Å². The molecule has 25 heavy (non-hydrogen) atoms. The second kappa shape index (κ2) is 7.13. The van der Waals surface area contributed by atoms with Crippen LogP contribution in [0, 0.1) is 13.8 Å². The van der Waals surface area contributed by atoms with Gasteiger partial charge in [0.1, 0.15) is 5.75 Å². The second-order valence-corrected chi connectivity index (χ2v) is 5.75. The third-order valence-corrected chi connectivity index (χ3v) is 3.93. The molecule has 1 aromatic heterocycles. The molecule has 0 bridgehead atoms. The predicted octanol–water partition coefficient (Wildman–Crippen LogP) is 3.79. The minimum atomic E-state index is -0.182. The summed E-state index contributed by atoms with van der Waals surface area (Å²) in [6.45, 7) is 3.86. The van der Waals surface area contributed by atoms with Crippen LogP contribution < -0.4 is 4.74 Å². The molecular formula is C20H19N3O2. The minimum absolute atomic E-state index is 0.182. The Morgan fingerprint density at radius 2 is 1.88 bits per heavy atom. The normalized spacial score (nSPS) is 11.0. The van der Waals surface area contributed by atoms with E-state index >= 15 is 0 Å². The summed E-state index contributed by atoms with van der Waals surface area (Å²) >= 11 is 0. The molecule has 3 aromatic rings. The Labute approximate surface area is 146 Å². The molecule has 0 N–H and O–H groups in total. The van der Waals surface area contributed by atoms with Crippen LogP contribution in [0.3, 0.4) is 0 Å². The lowest BCUT2D eigenvalue weighted by Gasteiger charge is -2.03.